The molecule has 0 radical (unpaired) electrons. The summed E-state index contributed by atoms with van der Waals surface area (Å²) in [6, 6.07) is 3.22. The van der Waals surface area contributed by atoms with Crippen LogP contribution in [-0.2, 0) is 12.8 Å². The molecule has 0 saturated carbocycles. The van der Waals surface area contributed by atoms with Crippen molar-refractivity contribution in [2.24, 2.45) is 0 Å². The van der Waals surface area contributed by atoms with Crippen LogP contribution in [0.2, 0.25) is 0 Å². The Morgan fingerprint density at radius 3 is 2.76 bits per heavy atom. The number of anilines is 1. The molecular formula is C15H19N3O2S. The zero-order chi connectivity index (χ0) is 15.2. The Bertz CT molecular complexity index is 625. The molecule has 0 aliphatic rings. The molecule has 6 heteroatoms. The van der Waals surface area contributed by atoms with Crippen molar-refractivity contribution in [2.45, 2.75) is 33.1 Å². The Kier molecular flexibility index (Phi) is 5.27. The van der Waals surface area contributed by atoms with Gasteiger partial charge in [-0.05, 0) is 25.5 Å². The summed E-state index contributed by atoms with van der Waals surface area (Å²) in [6.07, 6.45) is 2.52. The number of nitrogens with zero attached hydrogens (tertiary/aromatic N) is 2. The van der Waals surface area contributed by atoms with Crippen molar-refractivity contribution in [3.05, 3.63) is 39.5 Å². The second-order valence-corrected chi connectivity index (χ2v) is 5.79. The molecule has 0 aliphatic heterocycles. The first-order valence-corrected chi connectivity index (χ1v) is 7.85. The maximum atomic E-state index is 11.1. The smallest absolute Gasteiger partial charge is 0.335 e. The largest absolute Gasteiger partial charge is 0.478 e. The molecule has 2 heterocycles. The van der Waals surface area contributed by atoms with Crippen molar-refractivity contribution < 1.29 is 9.90 Å². The number of hydrogen-bond donors (Lipinski definition) is 2. The number of aromatic carboxylic acids is 1. The third-order valence-corrected chi connectivity index (χ3v) is 3.97. The average molecular weight is 305 g/mol. The lowest BCUT2D eigenvalue weighted by molar-refractivity contribution is 0.0696. The third-order valence-electron chi connectivity index (χ3n) is 2.94. The number of rotatable bonds is 7. The Hall–Kier alpha value is -1.95. The molecule has 2 rings (SSSR count). The molecule has 0 fully saturated rings. The van der Waals surface area contributed by atoms with E-state index < -0.39 is 5.97 Å². The maximum Gasteiger partial charge on any atom is 0.335 e. The normalized spacial score (nSPS) is 10.6. The molecule has 5 nitrogen and oxygen atoms in total. The SMILES string of the molecule is CCCc1cc(C(=O)O)cc(NCCc2nc(C)cs2)n1. The summed E-state index contributed by atoms with van der Waals surface area (Å²) in [6.45, 7) is 4.71. The zero-order valence-electron chi connectivity index (χ0n) is 12.2. The number of carbonyl (C=O) groups is 1. The van der Waals surface area contributed by atoms with E-state index in [0.717, 1.165) is 35.7 Å². The summed E-state index contributed by atoms with van der Waals surface area (Å²) in [7, 11) is 0. The summed E-state index contributed by atoms with van der Waals surface area (Å²) < 4.78 is 0. The highest BCUT2D eigenvalue weighted by atomic mass is 32.1. The lowest BCUT2D eigenvalue weighted by Crippen LogP contribution is -2.09. The highest BCUT2D eigenvalue weighted by Gasteiger charge is 2.08. The Morgan fingerprint density at radius 2 is 2.14 bits per heavy atom. The van der Waals surface area contributed by atoms with Gasteiger partial charge in [-0.3, -0.25) is 0 Å². The number of thiazole rings is 1. The number of aromatic nitrogens is 2. The molecule has 0 aromatic carbocycles. The van der Waals surface area contributed by atoms with Gasteiger partial charge >= 0.3 is 5.97 Å². The summed E-state index contributed by atoms with van der Waals surface area (Å²) in [5.74, 6) is -0.306. The predicted molar refractivity (Wildman–Crippen MR) is 84.2 cm³/mol. The van der Waals surface area contributed by atoms with Crippen molar-refractivity contribution >= 4 is 23.1 Å². The van der Waals surface area contributed by atoms with Crippen molar-refractivity contribution in [3.8, 4) is 0 Å². The molecular weight excluding hydrogens is 286 g/mol. The second-order valence-electron chi connectivity index (χ2n) is 4.85. The van der Waals surface area contributed by atoms with Gasteiger partial charge in [0.05, 0.1) is 10.6 Å². The fourth-order valence-electron chi connectivity index (χ4n) is 2.00. The van der Waals surface area contributed by atoms with E-state index in [1.807, 2.05) is 19.2 Å². The van der Waals surface area contributed by atoms with E-state index in [-0.39, 0.29) is 5.56 Å². The van der Waals surface area contributed by atoms with Crippen molar-refractivity contribution in [3.63, 3.8) is 0 Å². The lowest BCUT2D eigenvalue weighted by atomic mass is 10.1. The molecule has 0 bridgehead atoms. The second kappa shape index (κ2) is 7.17. The zero-order valence-corrected chi connectivity index (χ0v) is 13.0. The summed E-state index contributed by atoms with van der Waals surface area (Å²) in [5, 5.41) is 15.4. The minimum Gasteiger partial charge on any atom is -0.478 e. The minimum absolute atomic E-state index is 0.279. The first-order chi connectivity index (χ1) is 10.1. The van der Waals surface area contributed by atoms with Gasteiger partial charge in [0.15, 0.2) is 0 Å². The van der Waals surface area contributed by atoms with E-state index in [0.29, 0.717) is 12.4 Å². The molecule has 2 aromatic rings. The van der Waals surface area contributed by atoms with Crippen LogP contribution in [0.5, 0.6) is 0 Å². The number of pyridine rings is 1. The van der Waals surface area contributed by atoms with E-state index in [1.54, 1.807) is 23.5 Å². The molecule has 2 aromatic heterocycles. The van der Waals surface area contributed by atoms with Gasteiger partial charge in [-0.15, -0.1) is 11.3 Å². The van der Waals surface area contributed by atoms with Crippen molar-refractivity contribution in [1.29, 1.82) is 0 Å². The van der Waals surface area contributed by atoms with Crippen LogP contribution in [0.3, 0.4) is 0 Å². The Labute approximate surface area is 128 Å². The fraction of sp³-hybridized carbons (Fsp3) is 0.400. The molecule has 2 N–H and O–H groups in total. The summed E-state index contributed by atoms with van der Waals surface area (Å²) in [4.78, 5) is 20.0. The Balaban J connectivity index is 2.02. The van der Waals surface area contributed by atoms with Gasteiger partial charge in [0.1, 0.15) is 5.82 Å². The van der Waals surface area contributed by atoms with Crippen molar-refractivity contribution in [2.75, 3.05) is 11.9 Å². The van der Waals surface area contributed by atoms with E-state index in [2.05, 4.69) is 15.3 Å². The van der Waals surface area contributed by atoms with Crippen LogP contribution in [0.25, 0.3) is 0 Å². The molecule has 0 atom stereocenters. The third kappa shape index (κ3) is 4.53. The molecule has 0 amide bonds. The molecule has 0 spiro atoms. The van der Waals surface area contributed by atoms with Gasteiger partial charge < -0.3 is 10.4 Å². The van der Waals surface area contributed by atoms with E-state index >= 15 is 0 Å². The number of hydrogen-bond acceptors (Lipinski definition) is 5. The molecule has 112 valence electrons. The highest BCUT2D eigenvalue weighted by Crippen LogP contribution is 2.13. The van der Waals surface area contributed by atoms with Gasteiger partial charge in [0, 0.05) is 29.7 Å². The highest BCUT2D eigenvalue weighted by molar-refractivity contribution is 7.09. The van der Waals surface area contributed by atoms with Crippen LogP contribution in [-0.4, -0.2) is 27.6 Å². The first-order valence-electron chi connectivity index (χ1n) is 6.97. The Morgan fingerprint density at radius 1 is 1.33 bits per heavy atom. The van der Waals surface area contributed by atoms with Crippen LogP contribution >= 0.6 is 11.3 Å². The maximum absolute atomic E-state index is 11.1. The van der Waals surface area contributed by atoms with Gasteiger partial charge in [0.25, 0.3) is 0 Å². The van der Waals surface area contributed by atoms with Crippen LogP contribution in [0.15, 0.2) is 17.5 Å². The standard InChI is InChI=1S/C15H19N3O2S/c1-3-4-12-7-11(15(19)20)8-13(18-12)16-6-5-14-17-10(2)9-21-14/h7-9H,3-6H2,1-2H3,(H,16,18)(H,19,20). The van der Waals surface area contributed by atoms with Gasteiger partial charge in [-0.1, -0.05) is 13.3 Å². The fourth-order valence-corrected chi connectivity index (χ4v) is 2.78. The van der Waals surface area contributed by atoms with Gasteiger partial charge in [-0.25, -0.2) is 14.8 Å². The monoisotopic (exact) mass is 305 g/mol. The number of carboxylic acid groups (broad SMARTS) is 1. The van der Waals surface area contributed by atoms with Gasteiger partial charge in [0.2, 0.25) is 0 Å². The average Bonchev–Trinajstić information content (AvgIpc) is 2.84. The number of aryl methyl sites for hydroxylation is 2. The minimum atomic E-state index is -0.923. The quantitative estimate of drug-likeness (QED) is 0.822. The molecule has 0 aliphatic carbocycles. The first kappa shape index (κ1) is 15.4. The van der Waals surface area contributed by atoms with E-state index in [1.165, 1.54) is 0 Å². The van der Waals surface area contributed by atoms with Crippen molar-refractivity contribution in [1.82, 2.24) is 9.97 Å². The van der Waals surface area contributed by atoms with Crippen LogP contribution in [0, 0.1) is 6.92 Å². The molecule has 0 unspecified atom stereocenters. The van der Waals surface area contributed by atoms with E-state index in [4.69, 9.17) is 5.11 Å². The summed E-state index contributed by atoms with van der Waals surface area (Å²) in [5.41, 5.74) is 2.12. The van der Waals surface area contributed by atoms with Crippen LogP contribution in [0.1, 0.15) is 40.1 Å². The topological polar surface area (TPSA) is 75.1 Å². The molecule has 0 saturated heterocycles. The van der Waals surface area contributed by atoms with E-state index in [9.17, 15) is 4.79 Å². The summed E-state index contributed by atoms with van der Waals surface area (Å²) >= 11 is 1.64. The lowest BCUT2D eigenvalue weighted by Gasteiger charge is -2.08. The predicted octanol–water partition coefficient (Wildman–Crippen LogP) is 3.15. The molecule has 21 heavy (non-hydrogen) atoms. The van der Waals surface area contributed by atoms with Gasteiger partial charge in [-0.2, -0.15) is 0 Å². The van der Waals surface area contributed by atoms with Crippen LogP contribution < -0.4 is 5.32 Å². The van der Waals surface area contributed by atoms with Crippen LogP contribution in [0.4, 0.5) is 5.82 Å². The number of nitrogens with one attached hydrogen (secondary N) is 1. The number of carboxylic acids is 1.